The Morgan fingerprint density at radius 2 is 1.95 bits per heavy atom. The Morgan fingerprint density at radius 3 is 2.53 bits per heavy atom. The lowest BCUT2D eigenvalue weighted by Gasteiger charge is -2.45. The third-order valence-electron chi connectivity index (χ3n) is 3.91. The first-order chi connectivity index (χ1) is 8.79. The van der Waals surface area contributed by atoms with Gasteiger partial charge in [0.05, 0.1) is 0 Å². The van der Waals surface area contributed by atoms with E-state index in [-0.39, 0.29) is 5.54 Å². The van der Waals surface area contributed by atoms with Gasteiger partial charge in [-0.3, -0.25) is 4.90 Å². The standard InChI is InChI=1S/C14H25N5/c1-10(2)13-16-11(15)8-12(17-13)19-7-6-18(5)14(3,4)9-19/h8,10H,6-7,9H2,1-5H3,(H2,15,16,17). The summed E-state index contributed by atoms with van der Waals surface area (Å²) in [7, 11) is 2.17. The second-order valence-corrected chi connectivity index (χ2v) is 6.32. The molecule has 2 N–H and O–H groups in total. The topological polar surface area (TPSA) is 58.3 Å². The number of anilines is 2. The van der Waals surface area contributed by atoms with Crippen LogP contribution < -0.4 is 10.6 Å². The fourth-order valence-electron chi connectivity index (χ4n) is 2.33. The molecule has 1 saturated heterocycles. The van der Waals surface area contributed by atoms with E-state index in [1.165, 1.54) is 0 Å². The SMILES string of the molecule is CC(C)c1nc(N)cc(N2CCN(C)C(C)(C)C2)n1. The van der Waals surface area contributed by atoms with E-state index in [1.807, 2.05) is 6.07 Å². The van der Waals surface area contributed by atoms with Crippen molar-refractivity contribution in [1.29, 1.82) is 0 Å². The molecule has 0 amide bonds. The molecule has 0 aliphatic carbocycles. The number of piperazine rings is 1. The minimum absolute atomic E-state index is 0.149. The lowest BCUT2D eigenvalue weighted by atomic mass is 10.00. The summed E-state index contributed by atoms with van der Waals surface area (Å²) in [6.45, 7) is 11.7. The van der Waals surface area contributed by atoms with E-state index in [0.29, 0.717) is 11.7 Å². The van der Waals surface area contributed by atoms with Crippen molar-refractivity contribution in [2.24, 2.45) is 0 Å². The molecule has 0 spiro atoms. The van der Waals surface area contributed by atoms with Gasteiger partial charge in [-0.05, 0) is 20.9 Å². The lowest BCUT2D eigenvalue weighted by Crippen LogP contribution is -2.58. The van der Waals surface area contributed by atoms with E-state index in [1.54, 1.807) is 0 Å². The molecule has 5 nitrogen and oxygen atoms in total. The molecule has 19 heavy (non-hydrogen) atoms. The molecule has 0 radical (unpaired) electrons. The van der Waals surface area contributed by atoms with Gasteiger partial charge in [-0.1, -0.05) is 13.8 Å². The van der Waals surface area contributed by atoms with E-state index in [9.17, 15) is 0 Å². The van der Waals surface area contributed by atoms with Crippen molar-refractivity contribution >= 4 is 11.6 Å². The summed E-state index contributed by atoms with van der Waals surface area (Å²) in [6, 6.07) is 1.88. The van der Waals surface area contributed by atoms with Crippen molar-refractivity contribution in [3.05, 3.63) is 11.9 Å². The van der Waals surface area contributed by atoms with E-state index >= 15 is 0 Å². The van der Waals surface area contributed by atoms with Crippen LogP contribution >= 0.6 is 0 Å². The molecule has 5 heteroatoms. The first-order valence-electron chi connectivity index (χ1n) is 6.90. The number of nitrogens with zero attached hydrogens (tertiary/aromatic N) is 4. The molecule has 1 fully saturated rings. The zero-order valence-corrected chi connectivity index (χ0v) is 12.6. The van der Waals surface area contributed by atoms with Crippen molar-refractivity contribution < 1.29 is 0 Å². The number of aromatic nitrogens is 2. The molecule has 1 aromatic rings. The van der Waals surface area contributed by atoms with Gasteiger partial charge in [0.1, 0.15) is 17.5 Å². The second kappa shape index (κ2) is 4.96. The lowest BCUT2D eigenvalue weighted by molar-refractivity contribution is 0.138. The molecule has 0 atom stereocenters. The number of nitrogens with two attached hydrogens (primary N) is 1. The van der Waals surface area contributed by atoms with Crippen LogP contribution in [-0.4, -0.2) is 47.1 Å². The minimum atomic E-state index is 0.149. The van der Waals surface area contributed by atoms with Crippen LogP contribution in [-0.2, 0) is 0 Å². The first kappa shape index (κ1) is 14.1. The zero-order valence-electron chi connectivity index (χ0n) is 12.6. The summed E-state index contributed by atoms with van der Waals surface area (Å²) in [6.07, 6.45) is 0. The predicted molar refractivity (Wildman–Crippen MR) is 79.5 cm³/mol. The molecule has 2 heterocycles. The number of rotatable bonds is 2. The average Bonchev–Trinajstić information content (AvgIpc) is 2.31. The van der Waals surface area contributed by atoms with Crippen LogP contribution in [0.15, 0.2) is 6.07 Å². The number of nitrogen functional groups attached to an aromatic ring is 1. The molecular weight excluding hydrogens is 238 g/mol. The fraction of sp³-hybridized carbons (Fsp3) is 0.714. The van der Waals surface area contributed by atoms with E-state index < -0.39 is 0 Å². The molecule has 2 rings (SSSR count). The highest BCUT2D eigenvalue weighted by Crippen LogP contribution is 2.25. The summed E-state index contributed by atoms with van der Waals surface area (Å²) in [5.41, 5.74) is 6.06. The van der Waals surface area contributed by atoms with Gasteiger partial charge in [-0.25, -0.2) is 9.97 Å². The normalized spacial score (nSPS) is 20.0. The third kappa shape index (κ3) is 2.97. The van der Waals surface area contributed by atoms with Gasteiger partial charge in [-0.2, -0.15) is 0 Å². The summed E-state index contributed by atoms with van der Waals surface area (Å²) in [4.78, 5) is 13.7. The van der Waals surface area contributed by atoms with Crippen LogP contribution in [0, 0.1) is 0 Å². The quantitative estimate of drug-likeness (QED) is 0.880. The zero-order chi connectivity index (χ0) is 14.2. The molecule has 0 bridgehead atoms. The fourth-order valence-corrected chi connectivity index (χ4v) is 2.33. The Balaban J connectivity index is 2.27. The van der Waals surface area contributed by atoms with Gasteiger partial charge < -0.3 is 10.6 Å². The molecule has 0 saturated carbocycles. The van der Waals surface area contributed by atoms with Crippen molar-refractivity contribution in [2.75, 3.05) is 37.3 Å². The maximum absolute atomic E-state index is 5.91. The Kier molecular flexibility index (Phi) is 3.67. The highest BCUT2D eigenvalue weighted by Gasteiger charge is 2.31. The van der Waals surface area contributed by atoms with Gasteiger partial charge in [-0.15, -0.1) is 0 Å². The van der Waals surface area contributed by atoms with Crippen LogP contribution in [0.4, 0.5) is 11.6 Å². The van der Waals surface area contributed by atoms with Crippen molar-refractivity contribution in [3.63, 3.8) is 0 Å². The highest BCUT2D eigenvalue weighted by atomic mass is 15.3. The Bertz CT molecular complexity index is 455. The molecule has 0 unspecified atom stereocenters. The molecule has 1 aromatic heterocycles. The van der Waals surface area contributed by atoms with Gasteiger partial charge in [0, 0.05) is 37.2 Å². The minimum Gasteiger partial charge on any atom is -0.384 e. The molecule has 0 aromatic carbocycles. The van der Waals surface area contributed by atoms with Crippen LogP contribution in [0.5, 0.6) is 0 Å². The largest absolute Gasteiger partial charge is 0.384 e. The number of hydrogen-bond acceptors (Lipinski definition) is 5. The van der Waals surface area contributed by atoms with Crippen molar-refractivity contribution in [2.45, 2.75) is 39.2 Å². The molecule has 1 aliphatic heterocycles. The number of likely N-dealkylation sites (N-methyl/N-ethyl adjacent to an activating group) is 1. The monoisotopic (exact) mass is 263 g/mol. The highest BCUT2D eigenvalue weighted by molar-refractivity contribution is 5.48. The maximum atomic E-state index is 5.91. The van der Waals surface area contributed by atoms with Gasteiger partial charge in [0.15, 0.2) is 0 Å². The maximum Gasteiger partial charge on any atom is 0.135 e. The van der Waals surface area contributed by atoms with Crippen molar-refractivity contribution in [1.82, 2.24) is 14.9 Å². The smallest absolute Gasteiger partial charge is 0.135 e. The number of hydrogen-bond donors (Lipinski definition) is 1. The summed E-state index contributed by atoms with van der Waals surface area (Å²) in [5.74, 6) is 2.64. The van der Waals surface area contributed by atoms with E-state index in [2.05, 4.69) is 54.5 Å². The summed E-state index contributed by atoms with van der Waals surface area (Å²) >= 11 is 0. The second-order valence-electron chi connectivity index (χ2n) is 6.32. The summed E-state index contributed by atoms with van der Waals surface area (Å²) < 4.78 is 0. The molecule has 1 aliphatic rings. The Morgan fingerprint density at radius 1 is 1.26 bits per heavy atom. The predicted octanol–water partition coefficient (Wildman–Crippen LogP) is 1.71. The van der Waals surface area contributed by atoms with Crippen LogP contribution in [0.2, 0.25) is 0 Å². The van der Waals surface area contributed by atoms with Gasteiger partial charge >= 0.3 is 0 Å². The van der Waals surface area contributed by atoms with Gasteiger partial charge in [0.2, 0.25) is 0 Å². The first-order valence-corrected chi connectivity index (χ1v) is 6.90. The third-order valence-corrected chi connectivity index (χ3v) is 3.91. The van der Waals surface area contributed by atoms with E-state index in [4.69, 9.17) is 5.73 Å². The van der Waals surface area contributed by atoms with Gasteiger partial charge in [0.25, 0.3) is 0 Å². The summed E-state index contributed by atoms with van der Waals surface area (Å²) in [5, 5.41) is 0. The average molecular weight is 263 g/mol. The van der Waals surface area contributed by atoms with Crippen LogP contribution in [0.3, 0.4) is 0 Å². The van der Waals surface area contributed by atoms with E-state index in [0.717, 1.165) is 31.3 Å². The Hall–Kier alpha value is -1.36. The van der Waals surface area contributed by atoms with Crippen molar-refractivity contribution in [3.8, 4) is 0 Å². The Labute approximate surface area is 115 Å². The van der Waals surface area contributed by atoms with Crippen LogP contribution in [0.1, 0.15) is 39.4 Å². The van der Waals surface area contributed by atoms with Crippen LogP contribution in [0.25, 0.3) is 0 Å². The molecular formula is C14H25N5. The molecule has 106 valence electrons.